The molecule has 7 heteroatoms. The van der Waals surface area contributed by atoms with E-state index in [1.807, 2.05) is 0 Å². The van der Waals surface area contributed by atoms with Gasteiger partial charge in [-0.1, -0.05) is 0 Å². The van der Waals surface area contributed by atoms with Gasteiger partial charge in [0.15, 0.2) is 5.96 Å². The number of hydrogen-bond donors (Lipinski definition) is 2. The maximum Gasteiger partial charge on any atom is 0.306 e. The Bertz CT molecular complexity index is 494. The molecule has 1 unspecified atom stereocenters. The summed E-state index contributed by atoms with van der Waals surface area (Å²) < 4.78 is 11.0. The maximum atomic E-state index is 11.9. The van der Waals surface area contributed by atoms with Crippen LogP contribution < -0.4 is 10.6 Å². The van der Waals surface area contributed by atoms with Gasteiger partial charge in [-0.15, -0.1) is 0 Å². The molecule has 3 rings (SSSR count). The van der Waals surface area contributed by atoms with Gasteiger partial charge in [-0.2, -0.15) is 0 Å². The molecule has 2 saturated heterocycles. The quantitative estimate of drug-likeness (QED) is 0.284. The summed E-state index contributed by atoms with van der Waals surface area (Å²) in [7, 11) is 1.80. The van der Waals surface area contributed by atoms with E-state index < -0.39 is 0 Å². The molecule has 1 atom stereocenters. The van der Waals surface area contributed by atoms with Crippen molar-refractivity contribution in [3.8, 4) is 0 Å². The molecule has 0 radical (unpaired) electrons. The van der Waals surface area contributed by atoms with Crippen molar-refractivity contribution in [2.45, 2.75) is 69.9 Å². The Morgan fingerprint density at radius 1 is 1.18 bits per heavy atom. The molecule has 28 heavy (non-hydrogen) atoms. The zero-order valence-corrected chi connectivity index (χ0v) is 17.5. The summed E-state index contributed by atoms with van der Waals surface area (Å²) in [5.74, 6) is 1.50. The van der Waals surface area contributed by atoms with Crippen LogP contribution in [0.25, 0.3) is 0 Å². The summed E-state index contributed by atoms with van der Waals surface area (Å²) >= 11 is 0. The molecular weight excluding hydrogens is 356 g/mol. The van der Waals surface area contributed by atoms with E-state index in [1.54, 1.807) is 7.05 Å². The average molecular weight is 395 g/mol. The van der Waals surface area contributed by atoms with Crippen LogP contribution in [0.1, 0.15) is 57.8 Å². The molecule has 3 fully saturated rings. The summed E-state index contributed by atoms with van der Waals surface area (Å²) in [4.78, 5) is 18.8. The van der Waals surface area contributed by atoms with Crippen molar-refractivity contribution in [1.82, 2.24) is 15.5 Å². The van der Waals surface area contributed by atoms with Crippen molar-refractivity contribution in [3.05, 3.63) is 0 Å². The highest BCUT2D eigenvalue weighted by Crippen LogP contribution is 2.21. The number of carbonyl (C=O) groups excluding carboxylic acids is 1. The van der Waals surface area contributed by atoms with E-state index in [9.17, 15) is 4.79 Å². The van der Waals surface area contributed by atoms with Gasteiger partial charge in [0.1, 0.15) is 6.10 Å². The first-order chi connectivity index (χ1) is 13.7. The summed E-state index contributed by atoms with van der Waals surface area (Å²) in [6.45, 7) is 6.05. The molecule has 2 heterocycles. The van der Waals surface area contributed by atoms with Crippen LogP contribution in [0.3, 0.4) is 0 Å². The van der Waals surface area contributed by atoms with Gasteiger partial charge in [-0.25, -0.2) is 0 Å². The Balaban J connectivity index is 1.24. The van der Waals surface area contributed by atoms with Gasteiger partial charge < -0.3 is 25.0 Å². The highest BCUT2D eigenvalue weighted by Gasteiger charge is 2.24. The third kappa shape index (κ3) is 7.24. The van der Waals surface area contributed by atoms with E-state index in [2.05, 4.69) is 20.5 Å². The minimum Gasteiger partial charge on any atom is -0.462 e. The van der Waals surface area contributed by atoms with Crippen molar-refractivity contribution in [2.24, 2.45) is 10.9 Å². The number of rotatable bonds is 8. The molecule has 7 nitrogen and oxygen atoms in total. The molecular formula is C21H38N4O3. The second-order valence-electron chi connectivity index (χ2n) is 8.45. The van der Waals surface area contributed by atoms with Gasteiger partial charge in [0.2, 0.25) is 0 Å². The van der Waals surface area contributed by atoms with E-state index in [1.165, 1.54) is 25.8 Å². The number of carbonyl (C=O) groups is 1. The van der Waals surface area contributed by atoms with Gasteiger partial charge in [0, 0.05) is 52.3 Å². The van der Waals surface area contributed by atoms with E-state index in [-0.39, 0.29) is 12.1 Å². The van der Waals surface area contributed by atoms with E-state index in [4.69, 9.17) is 9.47 Å². The molecule has 0 amide bonds. The molecule has 0 bridgehead atoms. The molecule has 160 valence electrons. The lowest BCUT2D eigenvalue weighted by Gasteiger charge is -2.34. The number of hydrogen-bond acceptors (Lipinski definition) is 5. The topological polar surface area (TPSA) is 75.2 Å². The number of esters is 1. The highest BCUT2D eigenvalue weighted by atomic mass is 16.5. The summed E-state index contributed by atoms with van der Waals surface area (Å²) in [5, 5.41) is 6.87. The van der Waals surface area contributed by atoms with Crippen molar-refractivity contribution in [1.29, 1.82) is 0 Å². The average Bonchev–Trinajstić information content (AvgIpc) is 3.40. The number of aliphatic imine (C=N–C) groups is 1. The van der Waals surface area contributed by atoms with Crippen molar-refractivity contribution in [3.63, 3.8) is 0 Å². The van der Waals surface area contributed by atoms with Crippen LogP contribution in [0.2, 0.25) is 0 Å². The molecule has 0 aromatic rings. The lowest BCUT2D eigenvalue weighted by molar-refractivity contribution is -0.148. The Kier molecular flexibility index (Phi) is 8.86. The molecule has 0 spiro atoms. The Labute approximate surface area is 169 Å². The maximum absolute atomic E-state index is 11.9. The van der Waals surface area contributed by atoms with Crippen LogP contribution in [0.5, 0.6) is 0 Å². The second-order valence-corrected chi connectivity index (χ2v) is 8.45. The van der Waals surface area contributed by atoms with Gasteiger partial charge in [-0.05, 0) is 57.3 Å². The minimum absolute atomic E-state index is 0.0586. The van der Waals surface area contributed by atoms with Crippen molar-refractivity contribution >= 4 is 11.9 Å². The van der Waals surface area contributed by atoms with E-state index in [0.717, 1.165) is 76.8 Å². The van der Waals surface area contributed by atoms with Crippen LogP contribution >= 0.6 is 0 Å². The van der Waals surface area contributed by atoms with E-state index in [0.29, 0.717) is 12.5 Å². The summed E-state index contributed by atoms with van der Waals surface area (Å²) in [6.07, 6.45) is 9.36. The first-order valence-electron chi connectivity index (χ1n) is 11.2. The standard InChI is InChI=1S/C21H38N4O3/c1-22-21(23-11-4-7-20(26)28-19-5-2-3-6-19)24-18-8-12-25(13-9-18)15-17-10-14-27-16-17/h17-19H,2-16H2,1H3,(H2,22,23,24). The number of ether oxygens (including phenoxy) is 2. The molecule has 2 aliphatic heterocycles. The van der Waals surface area contributed by atoms with Crippen LogP contribution in [0.4, 0.5) is 0 Å². The highest BCUT2D eigenvalue weighted by molar-refractivity contribution is 5.80. The zero-order chi connectivity index (χ0) is 19.6. The number of nitrogens with zero attached hydrogens (tertiary/aromatic N) is 2. The Hall–Kier alpha value is -1.34. The summed E-state index contributed by atoms with van der Waals surface area (Å²) in [5.41, 5.74) is 0. The fourth-order valence-electron chi connectivity index (χ4n) is 4.43. The monoisotopic (exact) mass is 394 g/mol. The zero-order valence-electron chi connectivity index (χ0n) is 17.5. The van der Waals surface area contributed by atoms with Gasteiger partial charge in [-0.3, -0.25) is 9.79 Å². The SMILES string of the molecule is CN=C(NCCCC(=O)OC1CCCC1)NC1CCN(CC2CCOC2)CC1. The molecule has 2 N–H and O–H groups in total. The van der Waals surface area contributed by atoms with Crippen LogP contribution in [0.15, 0.2) is 4.99 Å². The predicted octanol–water partition coefficient (Wildman–Crippen LogP) is 1.92. The Morgan fingerprint density at radius 3 is 2.64 bits per heavy atom. The number of guanidine groups is 1. The lowest BCUT2D eigenvalue weighted by Crippen LogP contribution is -2.49. The number of likely N-dealkylation sites (tertiary alicyclic amines) is 1. The Morgan fingerprint density at radius 2 is 1.96 bits per heavy atom. The van der Waals surface area contributed by atoms with Crippen LogP contribution in [0, 0.1) is 5.92 Å². The molecule has 0 aromatic heterocycles. The second kappa shape index (κ2) is 11.6. The third-order valence-corrected chi connectivity index (χ3v) is 6.14. The molecule has 0 aromatic carbocycles. The minimum atomic E-state index is -0.0586. The normalized spacial score (nSPS) is 25.2. The summed E-state index contributed by atoms with van der Waals surface area (Å²) in [6, 6.07) is 0.467. The van der Waals surface area contributed by atoms with Crippen molar-refractivity contribution < 1.29 is 14.3 Å². The van der Waals surface area contributed by atoms with Crippen molar-refractivity contribution in [2.75, 3.05) is 46.4 Å². The van der Waals surface area contributed by atoms with Gasteiger partial charge >= 0.3 is 5.97 Å². The first kappa shape index (κ1) is 21.4. The van der Waals surface area contributed by atoms with Gasteiger partial charge in [0.25, 0.3) is 0 Å². The predicted molar refractivity (Wildman–Crippen MR) is 110 cm³/mol. The molecule has 3 aliphatic rings. The number of piperidine rings is 1. The fourth-order valence-corrected chi connectivity index (χ4v) is 4.43. The fraction of sp³-hybridized carbons (Fsp3) is 0.905. The van der Waals surface area contributed by atoms with Crippen LogP contribution in [-0.4, -0.2) is 75.4 Å². The van der Waals surface area contributed by atoms with Crippen LogP contribution in [-0.2, 0) is 14.3 Å². The molecule has 1 aliphatic carbocycles. The first-order valence-corrected chi connectivity index (χ1v) is 11.2. The van der Waals surface area contributed by atoms with Gasteiger partial charge in [0.05, 0.1) is 6.61 Å². The lowest BCUT2D eigenvalue weighted by atomic mass is 10.0. The number of nitrogens with one attached hydrogen (secondary N) is 2. The van der Waals surface area contributed by atoms with E-state index >= 15 is 0 Å². The largest absolute Gasteiger partial charge is 0.462 e. The molecule has 1 saturated carbocycles. The third-order valence-electron chi connectivity index (χ3n) is 6.14. The smallest absolute Gasteiger partial charge is 0.306 e.